The van der Waals surface area contributed by atoms with Crippen molar-refractivity contribution in [1.29, 1.82) is 0 Å². The summed E-state index contributed by atoms with van der Waals surface area (Å²) in [7, 11) is 1.65. The maximum Gasteiger partial charge on any atom is 0.251 e. The summed E-state index contributed by atoms with van der Waals surface area (Å²) < 4.78 is 0. The predicted octanol–water partition coefficient (Wildman–Crippen LogP) is 2.59. The number of carbonyl (C=O) groups is 1. The Morgan fingerprint density at radius 3 is 2.63 bits per heavy atom. The van der Waals surface area contributed by atoms with Crippen LogP contribution in [0.2, 0.25) is 0 Å². The minimum Gasteiger partial charge on any atom is -0.357 e. The largest absolute Gasteiger partial charge is 0.357 e. The Kier molecular flexibility index (Phi) is 11.3. The van der Waals surface area contributed by atoms with Crippen LogP contribution in [0.25, 0.3) is 0 Å². The Morgan fingerprint density at radius 1 is 1.26 bits per heavy atom. The molecular weight excluding hydrogens is 453 g/mol. The van der Waals surface area contributed by atoms with Crippen LogP contribution in [0.1, 0.15) is 49.0 Å². The average Bonchev–Trinajstić information content (AvgIpc) is 2.67. The van der Waals surface area contributed by atoms with Gasteiger partial charge < -0.3 is 20.9 Å². The highest BCUT2D eigenvalue weighted by Gasteiger charge is 2.19. The molecule has 1 aromatic rings. The molecule has 7 heteroatoms. The van der Waals surface area contributed by atoms with E-state index in [0.29, 0.717) is 18.2 Å². The molecule has 1 heterocycles. The first-order valence-corrected chi connectivity index (χ1v) is 9.74. The number of aliphatic imine (C=N–C) groups is 1. The molecule has 152 valence electrons. The monoisotopic (exact) mass is 487 g/mol. The van der Waals surface area contributed by atoms with E-state index in [-0.39, 0.29) is 29.9 Å². The van der Waals surface area contributed by atoms with Crippen molar-refractivity contribution in [3.05, 3.63) is 35.4 Å². The minimum atomic E-state index is -0.0697. The average molecular weight is 487 g/mol. The number of likely N-dealkylation sites (tertiary alicyclic amines) is 1. The number of nitrogens with zero attached hydrogens (tertiary/aromatic N) is 2. The van der Waals surface area contributed by atoms with Crippen LogP contribution in [0.3, 0.4) is 0 Å². The van der Waals surface area contributed by atoms with E-state index >= 15 is 0 Å². The number of amides is 1. The number of hydrogen-bond acceptors (Lipinski definition) is 3. The van der Waals surface area contributed by atoms with Gasteiger partial charge in [-0.1, -0.05) is 19.1 Å². The molecule has 0 spiro atoms. The van der Waals surface area contributed by atoms with Gasteiger partial charge in [0.25, 0.3) is 5.91 Å². The Bertz CT molecular complexity index is 600. The summed E-state index contributed by atoms with van der Waals surface area (Å²) in [6.07, 6.45) is 3.52. The lowest BCUT2D eigenvalue weighted by molar-refractivity contribution is 0.0963. The van der Waals surface area contributed by atoms with Gasteiger partial charge in [-0.15, -0.1) is 24.0 Å². The van der Waals surface area contributed by atoms with Gasteiger partial charge in [0.05, 0.1) is 6.54 Å². The van der Waals surface area contributed by atoms with E-state index in [1.54, 1.807) is 7.05 Å². The van der Waals surface area contributed by atoms with Gasteiger partial charge in [-0.2, -0.15) is 0 Å². The third kappa shape index (κ3) is 8.04. The highest BCUT2D eigenvalue weighted by Crippen LogP contribution is 2.11. The lowest BCUT2D eigenvalue weighted by Gasteiger charge is -2.32. The lowest BCUT2D eigenvalue weighted by Crippen LogP contribution is -2.48. The Hall–Kier alpha value is -1.35. The first-order valence-electron chi connectivity index (χ1n) is 9.74. The molecule has 0 bridgehead atoms. The summed E-state index contributed by atoms with van der Waals surface area (Å²) in [5.41, 5.74) is 1.70. The standard InChI is InChI=1S/C20H33N5O.HI/c1-4-11-25-12-9-18(10-13-25)24-20(22-5-2)23-15-16-7-6-8-17(14-16)19(26)21-3;/h6-8,14,18H,4-5,9-13,15H2,1-3H3,(H,21,26)(H2,22,23,24);1H. The fourth-order valence-electron chi connectivity index (χ4n) is 3.26. The first-order chi connectivity index (χ1) is 12.7. The normalized spacial score (nSPS) is 15.7. The molecule has 1 amide bonds. The maximum atomic E-state index is 11.8. The number of benzene rings is 1. The molecule has 0 unspecified atom stereocenters. The molecule has 1 fully saturated rings. The molecule has 3 N–H and O–H groups in total. The molecule has 1 aliphatic heterocycles. The molecule has 0 atom stereocenters. The van der Waals surface area contributed by atoms with Crippen LogP contribution >= 0.6 is 24.0 Å². The number of hydrogen-bond donors (Lipinski definition) is 3. The van der Waals surface area contributed by atoms with Crippen molar-refractivity contribution in [2.75, 3.05) is 33.2 Å². The smallest absolute Gasteiger partial charge is 0.251 e. The molecule has 0 aromatic heterocycles. The Balaban J connectivity index is 0.00000364. The van der Waals surface area contributed by atoms with E-state index in [1.807, 2.05) is 24.3 Å². The Morgan fingerprint density at radius 2 is 2.00 bits per heavy atom. The maximum absolute atomic E-state index is 11.8. The highest BCUT2D eigenvalue weighted by atomic mass is 127. The number of piperidine rings is 1. The fourth-order valence-corrected chi connectivity index (χ4v) is 3.26. The topological polar surface area (TPSA) is 68.8 Å². The molecular formula is C20H34IN5O. The van der Waals surface area contributed by atoms with Crippen molar-refractivity contribution < 1.29 is 4.79 Å². The highest BCUT2D eigenvalue weighted by molar-refractivity contribution is 14.0. The van der Waals surface area contributed by atoms with Crippen molar-refractivity contribution in [3.63, 3.8) is 0 Å². The van der Waals surface area contributed by atoms with Gasteiger partial charge in [-0.25, -0.2) is 4.99 Å². The van der Waals surface area contributed by atoms with Crippen molar-refractivity contribution in [2.45, 2.75) is 45.7 Å². The van der Waals surface area contributed by atoms with Crippen molar-refractivity contribution >= 4 is 35.8 Å². The second kappa shape index (κ2) is 12.9. The van der Waals surface area contributed by atoms with E-state index in [1.165, 1.54) is 13.0 Å². The second-order valence-corrected chi connectivity index (χ2v) is 6.73. The van der Waals surface area contributed by atoms with Gasteiger partial charge in [0.15, 0.2) is 5.96 Å². The first kappa shape index (κ1) is 23.7. The van der Waals surface area contributed by atoms with Crippen LogP contribution in [0.4, 0.5) is 0 Å². The van der Waals surface area contributed by atoms with Crippen LogP contribution in [-0.4, -0.2) is 56.0 Å². The summed E-state index contributed by atoms with van der Waals surface area (Å²) in [6, 6.07) is 8.09. The number of rotatable bonds is 7. The van der Waals surface area contributed by atoms with E-state index in [9.17, 15) is 4.79 Å². The predicted molar refractivity (Wildman–Crippen MR) is 123 cm³/mol. The molecule has 1 aliphatic rings. The lowest BCUT2D eigenvalue weighted by atomic mass is 10.1. The number of nitrogens with one attached hydrogen (secondary N) is 3. The summed E-state index contributed by atoms with van der Waals surface area (Å²) in [5.74, 6) is 0.784. The van der Waals surface area contributed by atoms with Crippen molar-refractivity contribution in [3.8, 4) is 0 Å². The third-order valence-electron chi connectivity index (χ3n) is 4.65. The molecule has 1 aromatic carbocycles. The molecule has 27 heavy (non-hydrogen) atoms. The third-order valence-corrected chi connectivity index (χ3v) is 4.65. The van der Waals surface area contributed by atoms with E-state index in [0.717, 1.165) is 44.0 Å². The van der Waals surface area contributed by atoms with E-state index in [4.69, 9.17) is 4.99 Å². The zero-order valence-corrected chi connectivity index (χ0v) is 19.1. The molecule has 0 saturated carbocycles. The summed E-state index contributed by atoms with van der Waals surface area (Å²) in [5, 5.41) is 9.56. The number of guanidine groups is 1. The Labute approximate surface area is 180 Å². The summed E-state index contributed by atoms with van der Waals surface area (Å²) in [4.78, 5) is 19.0. The van der Waals surface area contributed by atoms with Gasteiger partial charge >= 0.3 is 0 Å². The van der Waals surface area contributed by atoms with E-state index < -0.39 is 0 Å². The van der Waals surface area contributed by atoms with Crippen LogP contribution in [-0.2, 0) is 6.54 Å². The molecule has 2 rings (SSSR count). The van der Waals surface area contributed by atoms with Crippen LogP contribution < -0.4 is 16.0 Å². The summed E-state index contributed by atoms with van der Waals surface area (Å²) in [6.45, 7) is 9.20. The molecule has 0 aliphatic carbocycles. The molecule has 0 radical (unpaired) electrons. The van der Waals surface area contributed by atoms with Crippen LogP contribution in [0.15, 0.2) is 29.3 Å². The zero-order chi connectivity index (χ0) is 18.8. The minimum absolute atomic E-state index is 0. The molecule has 6 nitrogen and oxygen atoms in total. The number of halogens is 1. The van der Waals surface area contributed by atoms with Crippen molar-refractivity contribution in [1.82, 2.24) is 20.9 Å². The zero-order valence-electron chi connectivity index (χ0n) is 16.8. The van der Waals surface area contributed by atoms with Gasteiger partial charge in [-0.05, 0) is 50.4 Å². The van der Waals surface area contributed by atoms with Gasteiger partial charge in [0, 0.05) is 38.3 Å². The molecule has 1 saturated heterocycles. The van der Waals surface area contributed by atoms with Gasteiger partial charge in [0.2, 0.25) is 0 Å². The summed E-state index contributed by atoms with van der Waals surface area (Å²) >= 11 is 0. The fraction of sp³-hybridized carbons (Fsp3) is 0.600. The van der Waals surface area contributed by atoms with Crippen molar-refractivity contribution in [2.24, 2.45) is 4.99 Å². The van der Waals surface area contributed by atoms with Gasteiger partial charge in [-0.3, -0.25) is 4.79 Å². The quantitative estimate of drug-likeness (QED) is 0.314. The van der Waals surface area contributed by atoms with Gasteiger partial charge in [0.1, 0.15) is 0 Å². The van der Waals surface area contributed by atoms with E-state index in [2.05, 4.69) is 34.7 Å². The SMILES string of the molecule is CCCN1CCC(NC(=NCc2cccc(C(=O)NC)c2)NCC)CC1.I. The van der Waals surface area contributed by atoms with Crippen LogP contribution in [0.5, 0.6) is 0 Å². The van der Waals surface area contributed by atoms with Crippen LogP contribution in [0, 0.1) is 0 Å². The number of carbonyl (C=O) groups excluding carboxylic acids is 1. The second-order valence-electron chi connectivity index (χ2n) is 6.73.